The molecule has 0 bridgehead atoms. The van der Waals surface area contributed by atoms with Crippen LogP contribution in [0.2, 0.25) is 0 Å². The van der Waals surface area contributed by atoms with Gasteiger partial charge in [0.15, 0.2) is 0 Å². The van der Waals surface area contributed by atoms with E-state index in [1.54, 1.807) is 4.90 Å². The average molecular weight is 301 g/mol. The fourth-order valence-corrected chi connectivity index (χ4v) is 3.05. The minimum atomic E-state index is -0.970. The van der Waals surface area contributed by atoms with Gasteiger partial charge in [-0.1, -0.05) is 30.3 Å². The number of hydrogen-bond acceptors (Lipinski definition) is 3. The molecule has 2 heterocycles. The van der Waals surface area contributed by atoms with E-state index < -0.39 is 6.09 Å². The summed E-state index contributed by atoms with van der Waals surface area (Å²) in [5, 5.41) is 9.15. The predicted molar refractivity (Wildman–Crippen MR) is 80.9 cm³/mol. The third-order valence-corrected chi connectivity index (χ3v) is 4.19. The van der Waals surface area contributed by atoms with Gasteiger partial charge in [0.2, 0.25) is 0 Å². The van der Waals surface area contributed by atoms with Crippen molar-refractivity contribution in [2.75, 3.05) is 26.8 Å². The number of rotatable bonds is 2. The molecule has 1 N–H and O–H groups in total. The highest BCUT2D eigenvalue weighted by atomic mass is 16.4. The van der Waals surface area contributed by atoms with E-state index in [0.717, 1.165) is 11.3 Å². The summed E-state index contributed by atoms with van der Waals surface area (Å²) in [6.45, 7) is 1.71. The van der Waals surface area contributed by atoms with Crippen LogP contribution in [0.4, 0.5) is 4.79 Å². The molecule has 0 saturated heterocycles. The van der Waals surface area contributed by atoms with Crippen LogP contribution in [0.5, 0.6) is 0 Å². The van der Waals surface area contributed by atoms with E-state index in [-0.39, 0.29) is 12.5 Å². The molecule has 0 aromatic heterocycles. The largest absolute Gasteiger partial charge is 0.465 e. The summed E-state index contributed by atoms with van der Waals surface area (Å²) in [6, 6.07) is 9.82. The first-order valence-electron chi connectivity index (χ1n) is 7.30. The monoisotopic (exact) mass is 301 g/mol. The maximum Gasteiger partial charge on any atom is 0.407 e. The van der Waals surface area contributed by atoms with Gasteiger partial charge in [-0.05, 0) is 5.56 Å². The molecule has 0 spiro atoms. The smallest absolute Gasteiger partial charge is 0.407 e. The maximum atomic E-state index is 12.7. The second-order valence-electron chi connectivity index (χ2n) is 5.71. The van der Waals surface area contributed by atoms with E-state index in [1.165, 1.54) is 4.90 Å². The van der Waals surface area contributed by atoms with Crippen LogP contribution in [0.3, 0.4) is 0 Å². The van der Waals surface area contributed by atoms with E-state index in [4.69, 9.17) is 5.11 Å². The predicted octanol–water partition coefficient (Wildman–Crippen LogP) is 1.56. The molecule has 0 radical (unpaired) electrons. The summed E-state index contributed by atoms with van der Waals surface area (Å²) in [6.07, 6.45) is -0.370. The van der Waals surface area contributed by atoms with Crippen molar-refractivity contribution in [1.29, 1.82) is 0 Å². The van der Waals surface area contributed by atoms with E-state index in [2.05, 4.69) is 4.90 Å². The van der Waals surface area contributed by atoms with Crippen LogP contribution in [0.15, 0.2) is 41.6 Å². The fraction of sp³-hybridized carbons (Fsp3) is 0.375. The van der Waals surface area contributed by atoms with Crippen LogP contribution in [-0.4, -0.2) is 58.6 Å². The molecule has 116 valence electrons. The van der Waals surface area contributed by atoms with Crippen molar-refractivity contribution in [3.63, 3.8) is 0 Å². The molecule has 2 amide bonds. The van der Waals surface area contributed by atoms with Crippen LogP contribution >= 0.6 is 0 Å². The Hall–Kier alpha value is -2.50. The standard InChI is InChI=1S/C16H19N3O3/c1-17-11-19(9-12-5-3-2-4-6-12)15(20)13-10-18(16(21)22)8-7-14(13)17/h2-6H,7-11H2,1H3,(H,21,22). The summed E-state index contributed by atoms with van der Waals surface area (Å²) >= 11 is 0. The molecule has 0 aliphatic carbocycles. The van der Waals surface area contributed by atoms with Gasteiger partial charge in [-0.25, -0.2) is 4.79 Å². The van der Waals surface area contributed by atoms with Gasteiger partial charge in [-0.2, -0.15) is 0 Å². The summed E-state index contributed by atoms with van der Waals surface area (Å²) in [5.41, 5.74) is 2.66. The van der Waals surface area contributed by atoms with E-state index >= 15 is 0 Å². The lowest BCUT2D eigenvalue weighted by Crippen LogP contribution is -2.51. The molecule has 2 aliphatic heterocycles. The summed E-state index contributed by atoms with van der Waals surface area (Å²) in [7, 11) is 1.95. The average Bonchev–Trinajstić information content (AvgIpc) is 2.53. The third-order valence-electron chi connectivity index (χ3n) is 4.19. The van der Waals surface area contributed by atoms with Crippen molar-refractivity contribution < 1.29 is 14.7 Å². The molecule has 0 unspecified atom stereocenters. The Morgan fingerprint density at radius 1 is 1.27 bits per heavy atom. The molecule has 2 aliphatic rings. The molecule has 1 aromatic carbocycles. The van der Waals surface area contributed by atoms with E-state index in [9.17, 15) is 9.59 Å². The highest BCUT2D eigenvalue weighted by Crippen LogP contribution is 2.27. The van der Waals surface area contributed by atoms with Gasteiger partial charge in [0.25, 0.3) is 5.91 Å². The van der Waals surface area contributed by atoms with E-state index in [0.29, 0.717) is 31.8 Å². The van der Waals surface area contributed by atoms with Crippen LogP contribution < -0.4 is 0 Å². The van der Waals surface area contributed by atoms with Gasteiger partial charge in [-0.15, -0.1) is 0 Å². The van der Waals surface area contributed by atoms with Crippen LogP contribution in [-0.2, 0) is 11.3 Å². The highest BCUT2D eigenvalue weighted by molar-refractivity contribution is 5.96. The number of carbonyl (C=O) groups excluding carboxylic acids is 1. The number of amides is 2. The van der Waals surface area contributed by atoms with Gasteiger partial charge >= 0.3 is 6.09 Å². The van der Waals surface area contributed by atoms with Crippen molar-refractivity contribution in [2.45, 2.75) is 13.0 Å². The number of benzene rings is 1. The quantitative estimate of drug-likeness (QED) is 0.900. The van der Waals surface area contributed by atoms with E-state index in [1.807, 2.05) is 37.4 Å². The molecule has 1 aromatic rings. The Balaban J connectivity index is 1.82. The normalized spacial score (nSPS) is 18.6. The van der Waals surface area contributed by atoms with Crippen molar-refractivity contribution >= 4 is 12.0 Å². The van der Waals surface area contributed by atoms with Gasteiger partial charge in [0.1, 0.15) is 0 Å². The Morgan fingerprint density at radius 3 is 2.68 bits per heavy atom. The van der Waals surface area contributed by atoms with Gasteiger partial charge in [0, 0.05) is 32.3 Å². The molecule has 3 rings (SSSR count). The summed E-state index contributed by atoms with van der Waals surface area (Å²) < 4.78 is 0. The SMILES string of the molecule is CN1CN(Cc2ccccc2)C(=O)C2=C1CCN(C(=O)O)C2. The van der Waals surface area contributed by atoms with Crippen LogP contribution in [0.25, 0.3) is 0 Å². The Kier molecular flexibility index (Phi) is 3.75. The Morgan fingerprint density at radius 2 is 2.00 bits per heavy atom. The molecule has 6 heteroatoms. The third kappa shape index (κ3) is 2.64. The lowest BCUT2D eigenvalue weighted by atomic mass is 10.0. The highest BCUT2D eigenvalue weighted by Gasteiger charge is 2.34. The summed E-state index contributed by atoms with van der Waals surface area (Å²) in [5.74, 6) is -0.0529. The maximum absolute atomic E-state index is 12.7. The van der Waals surface area contributed by atoms with Crippen molar-refractivity contribution in [3.05, 3.63) is 47.2 Å². The molecular weight excluding hydrogens is 282 g/mol. The zero-order chi connectivity index (χ0) is 15.7. The number of carbonyl (C=O) groups is 2. The van der Waals surface area contributed by atoms with Crippen molar-refractivity contribution in [1.82, 2.24) is 14.7 Å². The molecule has 0 fully saturated rings. The van der Waals surface area contributed by atoms with Gasteiger partial charge < -0.3 is 19.8 Å². The first-order valence-corrected chi connectivity index (χ1v) is 7.30. The van der Waals surface area contributed by atoms with Crippen molar-refractivity contribution in [3.8, 4) is 0 Å². The molecule has 6 nitrogen and oxygen atoms in total. The molecule has 22 heavy (non-hydrogen) atoms. The minimum Gasteiger partial charge on any atom is -0.465 e. The second-order valence-corrected chi connectivity index (χ2v) is 5.71. The Labute approximate surface area is 129 Å². The minimum absolute atomic E-state index is 0.0529. The number of hydrogen-bond donors (Lipinski definition) is 1. The first-order chi connectivity index (χ1) is 10.6. The molecule has 0 saturated carbocycles. The van der Waals surface area contributed by atoms with Crippen LogP contribution in [0, 0.1) is 0 Å². The topological polar surface area (TPSA) is 64.1 Å². The molecular formula is C16H19N3O3. The van der Waals surface area contributed by atoms with Crippen LogP contribution in [0.1, 0.15) is 12.0 Å². The lowest BCUT2D eigenvalue weighted by molar-refractivity contribution is -0.131. The molecule has 0 atom stereocenters. The van der Waals surface area contributed by atoms with Gasteiger partial charge in [0.05, 0.1) is 18.8 Å². The lowest BCUT2D eigenvalue weighted by Gasteiger charge is -2.41. The van der Waals surface area contributed by atoms with Crippen molar-refractivity contribution in [2.24, 2.45) is 0 Å². The van der Waals surface area contributed by atoms with Gasteiger partial charge in [-0.3, -0.25) is 4.79 Å². The Bertz CT molecular complexity index is 627. The summed E-state index contributed by atoms with van der Waals surface area (Å²) in [4.78, 5) is 29.0. The first kappa shape index (κ1) is 14.4. The zero-order valence-electron chi connectivity index (χ0n) is 12.5. The number of carboxylic acid groups (broad SMARTS) is 1. The second kappa shape index (κ2) is 5.71. The zero-order valence-corrected chi connectivity index (χ0v) is 12.5. The fourth-order valence-electron chi connectivity index (χ4n) is 3.05. The number of nitrogens with zero attached hydrogens (tertiary/aromatic N) is 3.